The lowest BCUT2D eigenvalue weighted by Gasteiger charge is -2.32. The molecule has 1 fully saturated rings. The second-order valence-electron chi connectivity index (χ2n) is 7.04. The van der Waals surface area contributed by atoms with Crippen molar-refractivity contribution in [2.75, 3.05) is 39.3 Å². The number of nitrogens with zero attached hydrogens (tertiary/aromatic N) is 2. The van der Waals surface area contributed by atoms with E-state index in [1.54, 1.807) is 6.07 Å². The largest absolute Gasteiger partial charge is 0.492 e. The van der Waals surface area contributed by atoms with Gasteiger partial charge in [-0.15, -0.1) is 24.8 Å². The van der Waals surface area contributed by atoms with Gasteiger partial charge in [0.25, 0.3) is 0 Å². The average molecular weight is 448 g/mol. The molecule has 1 saturated heterocycles. The van der Waals surface area contributed by atoms with Crippen LogP contribution in [0, 0.1) is 5.82 Å². The van der Waals surface area contributed by atoms with Gasteiger partial charge in [0.2, 0.25) is 0 Å². The van der Waals surface area contributed by atoms with E-state index in [0.717, 1.165) is 44.0 Å². The minimum atomic E-state index is -0.185. The molecule has 2 aliphatic rings. The molecule has 3 nitrogen and oxygen atoms in total. The third kappa shape index (κ3) is 5.11. The molecule has 2 aromatic carbocycles. The number of halogens is 4. The third-order valence-corrected chi connectivity index (χ3v) is 5.60. The lowest BCUT2D eigenvalue weighted by molar-refractivity contribution is 0.175. The standard InChI is InChI=1S/C21H24ClFN2O.2ClH/c22-16-7-8-20-18(15-16)21(17-5-1-2-6-19(17)23)25(13-14-26-20)12-11-24-9-3-4-10-24;;/h1-2,5-8,15,21H,3-4,9-14H2;2*1H. The highest BCUT2D eigenvalue weighted by Crippen LogP contribution is 2.39. The lowest BCUT2D eigenvalue weighted by atomic mass is 9.96. The fourth-order valence-electron chi connectivity index (χ4n) is 4.04. The van der Waals surface area contributed by atoms with Crippen LogP contribution in [0.15, 0.2) is 42.5 Å². The normalized spacial score (nSPS) is 19.7. The van der Waals surface area contributed by atoms with E-state index in [0.29, 0.717) is 17.2 Å². The fraction of sp³-hybridized carbons (Fsp3) is 0.429. The molecule has 1 unspecified atom stereocenters. The molecule has 28 heavy (non-hydrogen) atoms. The second-order valence-corrected chi connectivity index (χ2v) is 7.48. The molecule has 2 aliphatic heterocycles. The predicted molar refractivity (Wildman–Crippen MR) is 117 cm³/mol. The Bertz CT molecular complexity index is 771. The number of ether oxygens (including phenoxy) is 1. The van der Waals surface area contributed by atoms with Crippen LogP contribution in [0.25, 0.3) is 0 Å². The number of likely N-dealkylation sites (tertiary alicyclic amines) is 1. The van der Waals surface area contributed by atoms with Gasteiger partial charge in [-0.3, -0.25) is 4.90 Å². The SMILES string of the molecule is Cl.Cl.Fc1ccccc1C1c2cc(Cl)ccc2OCCN1CCN1CCCC1. The Morgan fingerprint density at radius 1 is 0.964 bits per heavy atom. The van der Waals surface area contributed by atoms with Crippen molar-refractivity contribution in [2.24, 2.45) is 0 Å². The fourth-order valence-corrected chi connectivity index (χ4v) is 4.22. The molecule has 0 N–H and O–H groups in total. The highest BCUT2D eigenvalue weighted by molar-refractivity contribution is 6.30. The summed E-state index contributed by atoms with van der Waals surface area (Å²) in [5.74, 6) is 0.614. The van der Waals surface area contributed by atoms with Crippen LogP contribution in [0.3, 0.4) is 0 Å². The molecule has 0 aliphatic carbocycles. The molecular weight excluding hydrogens is 422 g/mol. The summed E-state index contributed by atoms with van der Waals surface area (Å²) in [5.41, 5.74) is 1.63. The highest BCUT2D eigenvalue weighted by Gasteiger charge is 2.30. The summed E-state index contributed by atoms with van der Waals surface area (Å²) in [6.07, 6.45) is 2.55. The molecule has 0 radical (unpaired) electrons. The second kappa shape index (κ2) is 10.7. The first-order valence-electron chi connectivity index (χ1n) is 9.35. The molecule has 0 amide bonds. The topological polar surface area (TPSA) is 15.7 Å². The van der Waals surface area contributed by atoms with Gasteiger partial charge in [-0.25, -0.2) is 4.39 Å². The minimum absolute atomic E-state index is 0. The molecule has 7 heteroatoms. The number of hydrogen-bond donors (Lipinski definition) is 0. The third-order valence-electron chi connectivity index (χ3n) is 5.37. The van der Waals surface area contributed by atoms with Crippen molar-refractivity contribution in [3.63, 3.8) is 0 Å². The molecular formula is C21H26Cl3FN2O. The average Bonchev–Trinajstić information content (AvgIpc) is 3.09. The van der Waals surface area contributed by atoms with Crippen molar-refractivity contribution in [3.05, 3.63) is 64.4 Å². The van der Waals surface area contributed by atoms with Gasteiger partial charge in [0.05, 0.1) is 6.04 Å². The summed E-state index contributed by atoms with van der Waals surface area (Å²) in [6, 6.07) is 12.5. The Balaban J connectivity index is 0.00000140. The van der Waals surface area contributed by atoms with Gasteiger partial charge in [0.1, 0.15) is 18.2 Å². The summed E-state index contributed by atoms with van der Waals surface area (Å²) in [6.45, 7) is 5.57. The van der Waals surface area contributed by atoms with Crippen molar-refractivity contribution in [3.8, 4) is 5.75 Å². The monoisotopic (exact) mass is 446 g/mol. The van der Waals surface area contributed by atoms with Gasteiger partial charge in [0, 0.05) is 35.8 Å². The maximum absolute atomic E-state index is 14.7. The number of hydrogen-bond acceptors (Lipinski definition) is 3. The van der Waals surface area contributed by atoms with Gasteiger partial charge in [-0.1, -0.05) is 29.8 Å². The van der Waals surface area contributed by atoms with Crippen molar-refractivity contribution in [1.29, 1.82) is 0 Å². The Kier molecular flexibility index (Phi) is 8.84. The molecule has 0 aromatic heterocycles. The molecule has 4 rings (SSSR count). The van der Waals surface area contributed by atoms with E-state index in [-0.39, 0.29) is 36.7 Å². The van der Waals surface area contributed by atoms with Crippen LogP contribution in [0.2, 0.25) is 5.02 Å². The Hall–Kier alpha value is -1.04. The van der Waals surface area contributed by atoms with Gasteiger partial charge in [-0.2, -0.15) is 0 Å². The molecule has 2 aromatic rings. The van der Waals surface area contributed by atoms with Gasteiger partial charge in [-0.05, 0) is 50.2 Å². The maximum atomic E-state index is 14.7. The Morgan fingerprint density at radius 3 is 2.46 bits per heavy atom. The van der Waals surface area contributed by atoms with E-state index >= 15 is 0 Å². The Labute approximate surface area is 183 Å². The summed E-state index contributed by atoms with van der Waals surface area (Å²) < 4.78 is 20.7. The number of rotatable bonds is 4. The lowest BCUT2D eigenvalue weighted by Crippen LogP contribution is -2.38. The van der Waals surface area contributed by atoms with Crippen molar-refractivity contribution < 1.29 is 9.13 Å². The first kappa shape index (κ1) is 23.2. The molecule has 0 saturated carbocycles. The van der Waals surface area contributed by atoms with E-state index in [1.165, 1.54) is 18.9 Å². The Morgan fingerprint density at radius 2 is 1.71 bits per heavy atom. The van der Waals surface area contributed by atoms with Crippen LogP contribution in [-0.4, -0.2) is 49.1 Å². The minimum Gasteiger partial charge on any atom is -0.492 e. The van der Waals surface area contributed by atoms with Crippen LogP contribution < -0.4 is 4.74 Å². The van der Waals surface area contributed by atoms with Gasteiger partial charge < -0.3 is 9.64 Å². The molecule has 0 spiro atoms. The predicted octanol–water partition coefficient (Wildman–Crippen LogP) is 5.20. The van der Waals surface area contributed by atoms with E-state index in [4.69, 9.17) is 16.3 Å². The van der Waals surface area contributed by atoms with Gasteiger partial charge >= 0.3 is 0 Å². The molecule has 154 valence electrons. The zero-order valence-corrected chi connectivity index (χ0v) is 18.0. The quantitative estimate of drug-likeness (QED) is 0.640. The zero-order chi connectivity index (χ0) is 17.9. The van der Waals surface area contributed by atoms with Crippen LogP contribution in [0.5, 0.6) is 5.75 Å². The van der Waals surface area contributed by atoms with Crippen LogP contribution in [0.1, 0.15) is 30.0 Å². The van der Waals surface area contributed by atoms with Crippen molar-refractivity contribution in [2.45, 2.75) is 18.9 Å². The van der Waals surface area contributed by atoms with Gasteiger partial charge in [0.15, 0.2) is 0 Å². The summed E-state index contributed by atoms with van der Waals surface area (Å²) >= 11 is 6.27. The van der Waals surface area contributed by atoms with E-state index in [2.05, 4.69) is 9.80 Å². The van der Waals surface area contributed by atoms with E-state index in [9.17, 15) is 4.39 Å². The number of fused-ring (bicyclic) bond motifs is 1. The van der Waals surface area contributed by atoms with Crippen LogP contribution in [-0.2, 0) is 0 Å². The van der Waals surface area contributed by atoms with Crippen LogP contribution >= 0.6 is 36.4 Å². The van der Waals surface area contributed by atoms with E-state index < -0.39 is 0 Å². The first-order valence-corrected chi connectivity index (χ1v) is 9.73. The summed E-state index contributed by atoms with van der Waals surface area (Å²) in [7, 11) is 0. The van der Waals surface area contributed by atoms with Crippen LogP contribution in [0.4, 0.5) is 4.39 Å². The molecule has 2 heterocycles. The van der Waals surface area contributed by atoms with E-state index in [1.807, 2.05) is 30.3 Å². The number of benzene rings is 2. The zero-order valence-electron chi connectivity index (χ0n) is 15.7. The van der Waals surface area contributed by atoms with Crippen molar-refractivity contribution in [1.82, 2.24) is 9.80 Å². The van der Waals surface area contributed by atoms with Crippen molar-refractivity contribution >= 4 is 36.4 Å². The molecule has 1 atom stereocenters. The first-order chi connectivity index (χ1) is 12.7. The highest BCUT2D eigenvalue weighted by atomic mass is 35.5. The smallest absolute Gasteiger partial charge is 0.128 e. The maximum Gasteiger partial charge on any atom is 0.128 e. The summed E-state index contributed by atoms with van der Waals surface area (Å²) in [5, 5.41) is 0.648. The molecule has 0 bridgehead atoms. The summed E-state index contributed by atoms with van der Waals surface area (Å²) in [4.78, 5) is 4.82.